The molecule has 0 bridgehead atoms. The lowest BCUT2D eigenvalue weighted by atomic mass is 9.91. The summed E-state index contributed by atoms with van der Waals surface area (Å²) in [5, 5.41) is 28.7. The molecule has 0 spiro atoms. The number of nitrogens with one attached hydrogen (secondary N) is 4. The van der Waals surface area contributed by atoms with Gasteiger partial charge in [-0.1, -0.05) is 166 Å². The molecule has 0 amide bonds. The van der Waals surface area contributed by atoms with E-state index < -0.39 is 6.88 Å². The Morgan fingerprint density at radius 2 is 0.500 bits per heavy atom. The summed E-state index contributed by atoms with van der Waals surface area (Å²) in [7, 11) is 0. The minimum Gasteiger partial charge on any atom is -0.309 e. The average molecular weight is 632 g/mol. The molecule has 0 aliphatic carbocycles. The van der Waals surface area contributed by atoms with E-state index >= 15 is 0 Å². The van der Waals surface area contributed by atoms with Gasteiger partial charge in [-0.05, 0) is 73.0 Å². The fraction of sp³-hybridized carbons (Fsp3) is 0.900. The van der Waals surface area contributed by atoms with Crippen LogP contribution in [0, 0.1) is 67.0 Å². The van der Waals surface area contributed by atoms with Crippen LogP contribution < -0.4 is 0 Å². The average Bonchev–Trinajstić information content (AvgIpc) is 2.75. The first-order valence-corrected chi connectivity index (χ1v) is 16.6. The molecule has 0 atom stereocenters. The maximum atomic E-state index is 7.22. The first kappa shape index (κ1) is 52.2. The van der Waals surface area contributed by atoms with Crippen molar-refractivity contribution < 1.29 is 4.11 Å². The van der Waals surface area contributed by atoms with E-state index in [4.69, 9.17) is 25.7 Å². The molecular weight excluding hydrogens is 536 g/mol. The van der Waals surface area contributed by atoms with E-state index in [1.165, 1.54) is 0 Å². The molecule has 0 aromatic heterocycles. The first-order valence-electron chi connectivity index (χ1n) is 18.4. The minimum absolute atomic E-state index is 0.0833. The van der Waals surface area contributed by atoms with Crippen LogP contribution in [0.2, 0.25) is 0 Å². The summed E-state index contributed by atoms with van der Waals surface area (Å²) < 4.78 is 20.6. The van der Waals surface area contributed by atoms with E-state index in [1.54, 1.807) is 0 Å². The second kappa shape index (κ2) is 31.7. The number of rotatable bonds is 0. The van der Waals surface area contributed by atoms with Crippen LogP contribution in [0.15, 0.2) is 0 Å². The van der Waals surface area contributed by atoms with Crippen molar-refractivity contribution in [1.29, 1.82) is 21.6 Å². The summed E-state index contributed by atoms with van der Waals surface area (Å²) in [6, 6.07) is 0. The molecule has 4 nitrogen and oxygen atoms in total. The van der Waals surface area contributed by atoms with Crippen molar-refractivity contribution in [2.45, 2.75) is 194 Å². The number of hydrogen-bond acceptors (Lipinski definition) is 4. The van der Waals surface area contributed by atoms with Gasteiger partial charge in [0.05, 0.1) is 0 Å². The molecule has 4 N–H and O–H groups in total. The van der Waals surface area contributed by atoms with Crippen molar-refractivity contribution in [1.82, 2.24) is 0 Å². The first-order chi connectivity index (χ1) is 20.2. The van der Waals surface area contributed by atoms with Crippen LogP contribution in [0.25, 0.3) is 0 Å². The molecule has 0 fully saturated rings. The van der Waals surface area contributed by atoms with E-state index in [0.717, 1.165) is 35.1 Å². The van der Waals surface area contributed by atoms with Gasteiger partial charge in [-0.2, -0.15) is 0 Å². The maximum Gasteiger partial charge on any atom is 0.0292 e. The Hall–Kier alpha value is -1.32. The monoisotopic (exact) mass is 632 g/mol. The Kier molecular flexibility index (Phi) is 37.6. The Morgan fingerprint density at radius 3 is 0.500 bits per heavy atom. The van der Waals surface area contributed by atoms with Gasteiger partial charge in [0.1, 0.15) is 0 Å². The van der Waals surface area contributed by atoms with Gasteiger partial charge < -0.3 is 21.6 Å². The van der Waals surface area contributed by atoms with Crippen molar-refractivity contribution in [2.75, 3.05) is 0 Å². The third kappa shape index (κ3) is 125. The van der Waals surface area contributed by atoms with Crippen molar-refractivity contribution in [2.24, 2.45) is 45.3 Å². The summed E-state index contributed by atoms with van der Waals surface area (Å²) in [5.74, 6) is 3.33. The van der Waals surface area contributed by atoms with Gasteiger partial charge in [0.2, 0.25) is 0 Å². The van der Waals surface area contributed by atoms with Gasteiger partial charge >= 0.3 is 0 Å². The van der Waals surface area contributed by atoms with E-state index in [9.17, 15) is 0 Å². The molecule has 4 heteroatoms. The smallest absolute Gasteiger partial charge is 0.0292 e. The molecule has 0 saturated carbocycles. The third-order valence-corrected chi connectivity index (χ3v) is 3.96. The standard InChI is InChI=1S/4C6H13N.4C4H10/c4*1-5(7)6(2,3)4;4*1-4(2)3/h4*7H,1-4H3;4*4H,1-3H3/i1D2;1D;;;;;;. The third-order valence-electron chi connectivity index (χ3n) is 3.96. The lowest BCUT2D eigenvalue weighted by molar-refractivity contribution is 0.584. The molecule has 0 unspecified atom stereocenters. The Morgan fingerprint density at radius 1 is 0.364 bits per heavy atom. The fourth-order valence-electron chi connectivity index (χ4n) is 0. The van der Waals surface area contributed by atoms with Gasteiger partial charge in [0, 0.05) is 27.0 Å². The summed E-state index contributed by atoms with van der Waals surface area (Å²) >= 11 is 0. The van der Waals surface area contributed by atoms with Gasteiger partial charge in [-0.25, -0.2) is 0 Å². The molecule has 0 rings (SSSR count). The molecular formula is C40H92N4. The van der Waals surface area contributed by atoms with Crippen molar-refractivity contribution in [3.63, 3.8) is 0 Å². The van der Waals surface area contributed by atoms with Gasteiger partial charge in [0.25, 0.3) is 0 Å². The molecule has 0 heterocycles. The normalized spacial score (nSPS) is 11.6. The van der Waals surface area contributed by atoms with Crippen molar-refractivity contribution >= 4 is 22.8 Å². The van der Waals surface area contributed by atoms with Crippen LogP contribution in [-0.2, 0) is 0 Å². The topological polar surface area (TPSA) is 95.4 Å². The second-order valence-electron chi connectivity index (χ2n) is 18.1. The summed E-state index contributed by atoms with van der Waals surface area (Å²) in [5.41, 5.74) is 1.91. The van der Waals surface area contributed by atoms with Crippen LogP contribution in [-0.4, -0.2) is 22.8 Å². The zero-order valence-electron chi connectivity index (χ0n) is 38.6. The highest BCUT2D eigenvalue weighted by Crippen LogP contribution is 2.14. The van der Waals surface area contributed by atoms with Crippen molar-refractivity contribution in [3.8, 4) is 0 Å². The fourth-order valence-corrected chi connectivity index (χ4v) is 0. The zero-order valence-corrected chi connectivity index (χ0v) is 35.6. The largest absolute Gasteiger partial charge is 0.309 e. The van der Waals surface area contributed by atoms with Crippen LogP contribution in [0.4, 0.5) is 0 Å². The SMILES string of the molecule is CC(=N)C(C)(C)C.CC(=N)C(C)(C)C.CC(C)C.CC(C)C.CC(C)C.CC(C)C.[2H]C([2H])C(=N)C(C)(C)C.[2H]CC(=N)C(C)(C)C. The number of hydrogen-bond donors (Lipinski definition) is 4. The van der Waals surface area contributed by atoms with Crippen LogP contribution >= 0.6 is 0 Å². The highest BCUT2D eigenvalue weighted by molar-refractivity contribution is 5.84. The highest BCUT2D eigenvalue weighted by Gasteiger charge is 2.12. The molecule has 0 aromatic rings. The Balaban J connectivity index is -0.0000000630. The molecule has 0 aliphatic heterocycles. The summed E-state index contributed by atoms with van der Waals surface area (Å²) in [6.07, 6.45) is 0. The lowest BCUT2D eigenvalue weighted by Gasteiger charge is -2.14. The zero-order chi connectivity index (χ0) is 40.9. The predicted octanol–water partition coefficient (Wildman–Crippen LogP) is 14.9. The molecule has 0 aliphatic rings. The maximum absolute atomic E-state index is 7.22. The van der Waals surface area contributed by atoms with E-state index in [-0.39, 0.29) is 34.3 Å². The minimum atomic E-state index is -1.11. The Bertz CT molecular complexity index is 680. The second-order valence-corrected chi connectivity index (χ2v) is 18.1. The van der Waals surface area contributed by atoms with Crippen LogP contribution in [0.1, 0.15) is 198 Å². The quantitative estimate of drug-likeness (QED) is 0.191. The van der Waals surface area contributed by atoms with Gasteiger partial charge in [0.15, 0.2) is 0 Å². The summed E-state index contributed by atoms with van der Waals surface area (Å²) in [4.78, 5) is 0. The summed E-state index contributed by atoms with van der Waals surface area (Å²) in [6.45, 7) is 52.3. The van der Waals surface area contributed by atoms with Gasteiger partial charge in [-0.15, -0.1) is 0 Å². The Labute approximate surface area is 287 Å². The highest BCUT2D eigenvalue weighted by atomic mass is 14.5. The van der Waals surface area contributed by atoms with Crippen LogP contribution in [0.3, 0.4) is 0 Å². The molecule has 0 radical (unpaired) electrons. The molecule has 0 saturated heterocycles. The van der Waals surface area contributed by atoms with E-state index in [1.807, 2.05) is 96.9 Å². The van der Waals surface area contributed by atoms with E-state index in [2.05, 4.69) is 83.1 Å². The van der Waals surface area contributed by atoms with E-state index in [0.29, 0.717) is 5.71 Å². The van der Waals surface area contributed by atoms with Crippen LogP contribution in [0.5, 0.6) is 0 Å². The molecule has 0 aromatic carbocycles. The lowest BCUT2D eigenvalue weighted by Crippen LogP contribution is -2.14. The van der Waals surface area contributed by atoms with Crippen molar-refractivity contribution in [3.05, 3.63) is 0 Å². The molecule has 272 valence electrons. The van der Waals surface area contributed by atoms with Gasteiger partial charge in [-0.3, -0.25) is 0 Å². The molecule has 44 heavy (non-hydrogen) atoms. The predicted molar refractivity (Wildman–Crippen MR) is 213 cm³/mol.